The van der Waals surface area contributed by atoms with Gasteiger partial charge >= 0.3 is 0 Å². The number of rotatable bonds is 5. The monoisotopic (exact) mass is 332 g/mol. The number of halogens is 1. The molecule has 5 nitrogen and oxygen atoms in total. The van der Waals surface area contributed by atoms with Gasteiger partial charge in [-0.05, 0) is 12.1 Å². The first kappa shape index (κ1) is 15.4. The summed E-state index contributed by atoms with van der Waals surface area (Å²) in [7, 11) is -3.97. The predicted molar refractivity (Wildman–Crippen MR) is 82.4 cm³/mol. The fourth-order valence-corrected chi connectivity index (χ4v) is 3.08. The van der Waals surface area contributed by atoms with E-state index >= 15 is 0 Å². The zero-order valence-electron chi connectivity index (χ0n) is 11.9. The van der Waals surface area contributed by atoms with Crippen LogP contribution in [0.1, 0.15) is 5.89 Å². The van der Waals surface area contributed by atoms with Crippen molar-refractivity contribution in [3.8, 4) is 11.3 Å². The lowest BCUT2D eigenvalue weighted by Crippen LogP contribution is -2.24. The largest absolute Gasteiger partial charge is 0.439 e. The maximum absolute atomic E-state index is 13.6. The lowest BCUT2D eigenvalue weighted by Gasteiger charge is -2.05. The molecule has 3 rings (SSSR count). The SMILES string of the molecule is O=S(=O)(NCc1ncc(-c2ccccc2)o1)c1ccccc1F. The Hall–Kier alpha value is -2.51. The zero-order chi connectivity index (χ0) is 16.3. The van der Waals surface area contributed by atoms with Crippen molar-refractivity contribution in [2.75, 3.05) is 0 Å². The van der Waals surface area contributed by atoms with Crippen molar-refractivity contribution in [1.82, 2.24) is 9.71 Å². The second kappa shape index (κ2) is 6.31. The number of hydrogen-bond acceptors (Lipinski definition) is 4. The molecule has 0 aliphatic heterocycles. The molecule has 0 atom stereocenters. The molecule has 0 aliphatic rings. The molecule has 118 valence electrons. The molecule has 23 heavy (non-hydrogen) atoms. The standard InChI is InChI=1S/C16H13FN2O3S/c17-13-8-4-5-9-15(13)23(20,21)19-11-16-18-10-14(22-16)12-6-2-1-3-7-12/h1-10,19H,11H2. The average molecular weight is 332 g/mol. The Morgan fingerprint density at radius 1 is 1.04 bits per heavy atom. The van der Waals surface area contributed by atoms with E-state index in [1.807, 2.05) is 30.3 Å². The molecule has 0 fully saturated rings. The van der Waals surface area contributed by atoms with E-state index in [1.54, 1.807) is 0 Å². The van der Waals surface area contributed by atoms with E-state index < -0.39 is 20.7 Å². The highest BCUT2D eigenvalue weighted by molar-refractivity contribution is 7.89. The van der Waals surface area contributed by atoms with Crippen LogP contribution in [0.3, 0.4) is 0 Å². The normalized spacial score (nSPS) is 11.5. The molecule has 1 heterocycles. The van der Waals surface area contributed by atoms with Crippen LogP contribution in [-0.2, 0) is 16.6 Å². The maximum Gasteiger partial charge on any atom is 0.243 e. The van der Waals surface area contributed by atoms with Crippen molar-refractivity contribution in [1.29, 1.82) is 0 Å². The van der Waals surface area contributed by atoms with Crippen LogP contribution < -0.4 is 4.72 Å². The van der Waals surface area contributed by atoms with E-state index in [-0.39, 0.29) is 12.4 Å². The van der Waals surface area contributed by atoms with Crippen molar-refractivity contribution in [2.45, 2.75) is 11.4 Å². The van der Waals surface area contributed by atoms with Crippen LogP contribution in [0, 0.1) is 5.82 Å². The van der Waals surface area contributed by atoms with Crippen LogP contribution in [0.5, 0.6) is 0 Å². The Morgan fingerprint density at radius 3 is 2.48 bits per heavy atom. The second-order valence-corrected chi connectivity index (χ2v) is 6.47. The van der Waals surface area contributed by atoms with E-state index in [2.05, 4.69) is 9.71 Å². The molecular formula is C16H13FN2O3S. The molecule has 0 amide bonds. The summed E-state index contributed by atoms with van der Waals surface area (Å²) >= 11 is 0. The lowest BCUT2D eigenvalue weighted by molar-refractivity contribution is 0.493. The summed E-state index contributed by atoms with van der Waals surface area (Å²) < 4.78 is 45.5. The molecular weight excluding hydrogens is 319 g/mol. The third-order valence-electron chi connectivity index (χ3n) is 3.15. The topological polar surface area (TPSA) is 72.2 Å². The molecule has 7 heteroatoms. The van der Waals surface area contributed by atoms with E-state index in [0.717, 1.165) is 11.6 Å². The molecule has 3 aromatic rings. The number of benzene rings is 2. The summed E-state index contributed by atoms with van der Waals surface area (Å²) in [6, 6.07) is 14.5. The van der Waals surface area contributed by atoms with E-state index in [0.29, 0.717) is 5.76 Å². The molecule has 0 bridgehead atoms. The second-order valence-electron chi connectivity index (χ2n) is 4.74. The van der Waals surface area contributed by atoms with Gasteiger partial charge in [0, 0.05) is 5.56 Å². The third kappa shape index (κ3) is 3.46. The molecule has 0 aliphatic carbocycles. The number of sulfonamides is 1. The first-order chi connectivity index (χ1) is 11.1. The van der Waals surface area contributed by atoms with E-state index in [9.17, 15) is 12.8 Å². The van der Waals surface area contributed by atoms with Crippen LogP contribution in [0.15, 0.2) is 70.1 Å². The van der Waals surface area contributed by atoms with E-state index in [1.165, 1.54) is 24.4 Å². The first-order valence-electron chi connectivity index (χ1n) is 6.80. The minimum Gasteiger partial charge on any atom is -0.439 e. The van der Waals surface area contributed by atoms with Gasteiger partial charge in [0.05, 0.1) is 12.7 Å². The van der Waals surface area contributed by atoms with E-state index in [4.69, 9.17) is 4.42 Å². The first-order valence-corrected chi connectivity index (χ1v) is 8.29. The molecule has 0 radical (unpaired) electrons. The van der Waals surface area contributed by atoms with Gasteiger partial charge in [-0.15, -0.1) is 0 Å². The van der Waals surface area contributed by atoms with Gasteiger partial charge in [0.1, 0.15) is 10.7 Å². The Kier molecular flexibility index (Phi) is 4.22. The Balaban J connectivity index is 1.74. The molecule has 0 saturated heterocycles. The van der Waals surface area contributed by atoms with Crippen LogP contribution >= 0.6 is 0 Å². The molecule has 0 spiro atoms. The third-order valence-corrected chi connectivity index (χ3v) is 4.59. The van der Waals surface area contributed by atoms with Gasteiger partial charge in [0.25, 0.3) is 0 Å². The van der Waals surface area contributed by atoms with Gasteiger partial charge in [-0.1, -0.05) is 42.5 Å². The van der Waals surface area contributed by atoms with Crippen LogP contribution in [0.4, 0.5) is 4.39 Å². The lowest BCUT2D eigenvalue weighted by atomic mass is 10.2. The van der Waals surface area contributed by atoms with Gasteiger partial charge in [0.2, 0.25) is 15.9 Å². The fraction of sp³-hybridized carbons (Fsp3) is 0.0625. The van der Waals surface area contributed by atoms with Crippen molar-refractivity contribution >= 4 is 10.0 Å². The highest BCUT2D eigenvalue weighted by Crippen LogP contribution is 2.20. The minimum absolute atomic E-state index is 0.163. The molecule has 0 saturated carbocycles. The van der Waals surface area contributed by atoms with Crippen molar-refractivity contribution < 1.29 is 17.2 Å². The Labute approximate surface area is 132 Å². The summed E-state index contributed by atoms with van der Waals surface area (Å²) in [5.74, 6) is -0.0770. The number of oxazole rings is 1. The Bertz CT molecular complexity index is 908. The smallest absolute Gasteiger partial charge is 0.243 e. The summed E-state index contributed by atoms with van der Waals surface area (Å²) in [5.41, 5.74) is 0.836. The Morgan fingerprint density at radius 2 is 1.74 bits per heavy atom. The highest BCUT2D eigenvalue weighted by Gasteiger charge is 2.19. The number of nitrogens with one attached hydrogen (secondary N) is 1. The molecule has 2 aromatic carbocycles. The van der Waals surface area contributed by atoms with Crippen molar-refractivity contribution in [3.05, 3.63) is 72.5 Å². The number of aromatic nitrogens is 1. The summed E-state index contributed by atoms with van der Waals surface area (Å²) in [6.07, 6.45) is 1.52. The number of nitrogens with zero attached hydrogens (tertiary/aromatic N) is 1. The molecule has 1 aromatic heterocycles. The fourth-order valence-electron chi connectivity index (χ4n) is 2.03. The van der Waals surface area contributed by atoms with Gasteiger partial charge in [-0.2, -0.15) is 0 Å². The average Bonchev–Trinajstić information content (AvgIpc) is 3.03. The summed E-state index contributed by atoms with van der Waals surface area (Å²) in [4.78, 5) is 3.62. The van der Waals surface area contributed by atoms with Crippen LogP contribution in [0.25, 0.3) is 11.3 Å². The van der Waals surface area contributed by atoms with Gasteiger partial charge in [0.15, 0.2) is 5.76 Å². The van der Waals surface area contributed by atoms with Gasteiger partial charge < -0.3 is 4.42 Å². The minimum atomic E-state index is -3.97. The van der Waals surface area contributed by atoms with Crippen molar-refractivity contribution in [3.63, 3.8) is 0 Å². The van der Waals surface area contributed by atoms with Gasteiger partial charge in [-0.25, -0.2) is 22.5 Å². The van der Waals surface area contributed by atoms with Crippen LogP contribution in [0.2, 0.25) is 0 Å². The maximum atomic E-state index is 13.6. The number of hydrogen-bond donors (Lipinski definition) is 1. The summed E-state index contributed by atoms with van der Waals surface area (Å²) in [6.45, 7) is -0.163. The molecule has 1 N–H and O–H groups in total. The quantitative estimate of drug-likeness (QED) is 0.780. The zero-order valence-corrected chi connectivity index (χ0v) is 12.8. The predicted octanol–water partition coefficient (Wildman–Crippen LogP) is 2.96. The summed E-state index contributed by atoms with van der Waals surface area (Å²) in [5, 5.41) is 0. The van der Waals surface area contributed by atoms with Crippen molar-refractivity contribution in [2.24, 2.45) is 0 Å². The molecule has 0 unspecified atom stereocenters. The highest BCUT2D eigenvalue weighted by atomic mass is 32.2. The van der Waals surface area contributed by atoms with Gasteiger partial charge in [-0.3, -0.25) is 0 Å². The van der Waals surface area contributed by atoms with Crippen LogP contribution in [-0.4, -0.2) is 13.4 Å².